The maximum atomic E-state index is 10.3. The van der Waals surface area contributed by atoms with E-state index in [1.807, 2.05) is 0 Å². The van der Waals surface area contributed by atoms with Gasteiger partial charge < -0.3 is 0 Å². The van der Waals surface area contributed by atoms with Gasteiger partial charge in [-0.2, -0.15) is 4.91 Å². The molecule has 0 aromatic carbocycles. The fraction of sp³-hybridized carbons (Fsp3) is 1.00. The highest BCUT2D eigenvalue weighted by atomic mass is 16.3. The van der Waals surface area contributed by atoms with Crippen molar-refractivity contribution in [2.24, 2.45) is 17.0 Å². The molecule has 3 saturated carbocycles. The van der Waals surface area contributed by atoms with Crippen molar-refractivity contribution in [3.8, 4) is 0 Å². The first kappa shape index (κ1) is 6.32. The first-order valence-electron chi connectivity index (χ1n) is 4.22. The maximum Gasteiger partial charge on any atom is 0.0950 e. The smallest absolute Gasteiger partial charge is 0.0950 e. The van der Waals surface area contributed by atoms with Gasteiger partial charge in [0.05, 0.1) is 6.04 Å². The zero-order valence-corrected chi connectivity index (χ0v) is 6.12. The molecule has 10 heavy (non-hydrogen) atoms. The van der Waals surface area contributed by atoms with E-state index < -0.39 is 0 Å². The molecule has 2 nitrogen and oxygen atoms in total. The summed E-state index contributed by atoms with van der Waals surface area (Å²) in [5, 5.41) is 3.18. The molecule has 0 aromatic rings. The molecule has 1 unspecified atom stereocenters. The highest BCUT2D eigenvalue weighted by Crippen LogP contribution is 2.42. The number of hydrogen-bond acceptors (Lipinski definition) is 2. The summed E-state index contributed by atoms with van der Waals surface area (Å²) in [5.74, 6) is 1.50. The second-order valence-electron chi connectivity index (χ2n) is 3.69. The summed E-state index contributed by atoms with van der Waals surface area (Å²) in [5.41, 5.74) is 0. The van der Waals surface area contributed by atoms with Crippen LogP contribution in [0.25, 0.3) is 0 Å². The van der Waals surface area contributed by atoms with E-state index in [4.69, 9.17) is 0 Å². The minimum atomic E-state index is 0.187. The Bertz CT molecular complexity index is 138. The molecule has 3 aliphatic carbocycles. The van der Waals surface area contributed by atoms with Crippen LogP contribution in [0.4, 0.5) is 0 Å². The van der Waals surface area contributed by atoms with Crippen LogP contribution in [0.3, 0.4) is 0 Å². The molecule has 56 valence electrons. The lowest BCUT2D eigenvalue weighted by atomic mass is 9.68. The largest absolute Gasteiger partial charge is 0.151 e. The molecule has 2 bridgehead atoms. The Kier molecular flexibility index (Phi) is 1.47. The molecule has 0 radical (unpaired) electrons. The van der Waals surface area contributed by atoms with E-state index >= 15 is 0 Å². The second-order valence-corrected chi connectivity index (χ2v) is 3.69. The third kappa shape index (κ3) is 0.862. The van der Waals surface area contributed by atoms with E-state index in [-0.39, 0.29) is 6.04 Å². The van der Waals surface area contributed by atoms with Crippen LogP contribution in [-0.2, 0) is 0 Å². The molecular weight excluding hydrogens is 126 g/mol. The summed E-state index contributed by atoms with van der Waals surface area (Å²) in [4.78, 5) is 10.3. The van der Waals surface area contributed by atoms with Gasteiger partial charge in [-0.25, -0.2) is 0 Å². The quantitative estimate of drug-likeness (QED) is 0.512. The minimum Gasteiger partial charge on any atom is -0.151 e. The summed E-state index contributed by atoms with van der Waals surface area (Å²) < 4.78 is 0. The monoisotopic (exact) mass is 139 g/mol. The maximum absolute atomic E-state index is 10.3. The summed E-state index contributed by atoms with van der Waals surface area (Å²) in [6.07, 6.45) is 6.34. The van der Waals surface area contributed by atoms with Gasteiger partial charge in [0.1, 0.15) is 0 Å². The number of nitrogens with zero attached hydrogens (tertiary/aromatic N) is 1. The predicted molar refractivity (Wildman–Crippen MR) is 39.6 cm³/mol. The average Bonchev–Trinajstić information content (AvgIpc) is 2.06. The molecule has 0 aliphatic heterocycles. The van der Waals surface area contributed by atoms with E-state index in [0.29, 0.717) is 5.92 Å². The summed E-state index contributed by atoms with van der Waals surface area (Å²) in [6.45, 7) is 0. The molecule has 2 heteroatoms. The predicted octanol–water partition coefficient (Wildman–Crippen LogP) is 2.33. The lowest BCUT2D eigenvalue weighted by molar-refractivity contribution is 0.148. The van der Waals surface area contributed by atoms with E-state index in [0.717, 1.165) is 12.3 Å². The normalized spacial score (nSPS) is 45.4. The summed E-state index contributed by atoms with van der Waals surface area (Å²) in [7, 11) is 0. The van der Waals surface area contributed by atoms with Gasteiger partial charge in [-0.15, -0.1) is 0 Å². The van der Waals surface area contributed by atoms with Gasteiger partial charge in [-0.05, 0) is 31.1 Å². The van der Waals surface area contributed by atoms with Gasteiger partial charge >= 0.3 is 0 Å². The molecule has 0 N–H and O–H groups in total. The lowest BCUT2D eigenvalue weighted by Crippen LogP contribution is -2.33. The highest BCUT2D eigenvalue weighted by Gasteiger charge is 2.36. The zero-order chi connectivity index (χ0) is 6.97. The molecule has 0 heterocycles. The molecule has 0 amide bonds. The topological polar surface area (TPSA) is 29.4 Å². The van der Waals surface area contributed by atoms with Gasteiger partial charge in [0.15, 0.2) is 0 Å². The third-order valence-electron chi connectivity index (χ3n) is 3.15. The van der Waals surface area contributed by atoms with Gasteiger partial charge in [0.2, 0.25) is 0 Å². The lowest BCUT2D eigenvalue weighted by Gasteiger charge is -2.38. The number of nitroso groups, excluding NO2 is 1. The highest BCUT2D eigenvalue weighted by molar-refractivity contribution is 4.89. The standard InChI is InChI=1S/C8H13NO/c10-9-8-5-6-1-3-7(8)4-2-6/h6-8H,1-5H2. The Labute approximate surface area is 61.0 Å². The van der Waals surface area contributed by atoms with Crippen LogP contribution in [0.5, 0.6) is 0 Å². The van der Waals surface area contributed by atoms with E-state index in [1.165, 1.54) is 25.7 Å². The Hall–Kier alpha value is -0.400. The van der Waals surface area contributed by atoms with Crippen LogP contribution in [0.2, 0.25) is 0 Å². The van der Waals surface area contributed by atoms with Crippen molar-refractivity contribution in [1.82, 2.24) is 0 Å². The van der Waals surface area contributed by atoms with Crippen molar-refractivity contribution in [3.63, 3.8) is 0 Å². The van der Waals surface area contributed by atoms with Crippen LogP contribution in [0.1, 0.15) is 32.1 Å². The molecule has 1 atom stereocenters. The average molecular weight is 139 g/mol. The number of hydrogen-bond donors (Lipinski definition) is 0. The van der Waals surface area contributed by atoms with Crippen molar-refractivity contribution in [2.75, 3.05) is 0 Å². The van der Waals surface area contributed by atoms with Crippen molar-refractivity contribution >= 4 is 0 Å². The van der Waals surface area contributed by atoms with E-state index in [1.54, 1.807) is 0 Å². The van der Waals surface area contributed by atoms with Crippen molar-refractivity contribution in [3.05, 3.63) is 4.91 Å². The summed E-state index contributed by atoms with van der Waals surface area (Å²) >= 11 is 0. The molecule has 0 spiro atoms. The van der Waals surface area contributed by atoms with Crippen LogP contribution in [-0.4, -0.2) is 6.04 Å². The Morgan fingerprint density at radius 3 is 2.10 bits per heavy atom. The van der Waals surface area contributed by atoms with Crippen LogP contribution in [0, 0.1) is 16.7 Å². The molecular formula is C8H13NO. The van der Waals surface area contributed by atoms with Crippen LogP contribution >= 0.6 is 0 Å². The van der Waals surface area contributed by atoms with Gasteiger partial charge in [0.25, 0.3) is 0 Å². The van der Waals surface area contributed by atoms with Crippen LogP contribution in [0.15, 0.2) is 5.18 Å². The van der Waals surface area contributed by atoms with Gasteiger partial charge in [-0.1, -0.05) is 18.0 Å². The van der Waals surface area contributed by atoms with Gasteiger partial charge in [0, 0.05) is 0 Å². The first-order chi connectivity index (χ1) is 4.90. The number of fused-ring (bicyclic) bond motifs is 3. The zero-order valence-electron chi connectivity index (χ0n) is 6.12. The fourth-order valence-electron chi connectivity index (χ4n) is 2.47. The van der Waals surface area contributed by atoms with Gasteiger partial charge in [-0.3, -0.25) is 0 Å². The molecule has 0 aromatic heterocycles. The molecule has 3 aliphatic rings. The summed E-state index contributed by atoms with van der Waals surface area (Å²) in [6, 6.07) is 0.187. The minimum absolute atomic E-state index is 0.187. The Morgan fingerprint density at radius 2 is 1.80 bits per heavy atom. The van der Waals surface area contributed by atoms with Crippen molar-refractivity contribution < 1.29 is 0 Å². The fourth-order valence-corrected chi connectivity index (χ4v) is 2.47. The SMILES string of the molecule is O=NC1CC2CCC1CC2. The van der Waals surface area contributed by atoms with Crippen molar-refractivity contribution in [1.29, 1.82) is 0 Å². The Morgan fingerprint density at radius 1 is 1.10 bits per heavy atom. The first-order valence-corrected chi connectivity index (χ1v) is 4.22. The van der Waals surface area contributed by atoms with E-state index in [2.05, 4.69) is 5.18 Å². The third-order valence-corrected chi connectivity index (χ3v) is 3.15. The van der Waals surface area contributed by atoms with Crippen molar-refractivity contribution in [2.45, 2.75) is 38.1 Å². The molecule has 3 fully saturated rings. The molecule has 0 saturated heterocycles. The number of rotatable bonds is 1. The van der Waals surface area contributed by atoms with Crippen LogP contribution < -0.4 is 0 Å². The molecule has 3 rings (SSSR count). The second kappa shape index (κ2) is 2.33. The Balaban J connectivity index is 2.07. The van der Waals surface area contributed by atoms with E-state index in [9.17, 15) is 4.91 Å².